The van der Waals surface area contributed by atoms with E-state index in [-0.39, 0.29) is 32.7 Å². The minimum absolute atomic E-state index is 0. The van der Waals surface area contributed by atoms with E-state index in [0.29, 0.717) is 19.8 Å². The first kappa shape index (κ1) is 19.6. The number of ether oxygens (including phenoxy) is 2. The first-order chi connectivity index (χ1) is 5.83. The van der Waals surface area contributed by atoms with E-state index in [4.69, 9.17) is 9.47 Å². The van der Waals surface area contributed by atoms with Crippen molar-refractivity contribution in [2.24, 2.45) is 0 Å². The van der Waals surface area contributed by atoms with Crippen LogP contribution in [0.2, 0.25) is 0 Å². The average molecular weight is 263 g/mol. The monoisotopic (exact) mass is 263 g/mol. The number of rotatable bonds is 6. The van der Waals surface area contributed by atoms with Gasteiger partial charge in [-0.1, -0.05) is 13.5 Å². The molecule has 0 fully saturated rings. The van der Waals surface area contributed by atoms with Crippen molar-refractivity contribution >= 4 is 0 Å². The zero-order valence-electron chi connectivity index (χ0n) is 9.21. The third-order valence-electron chi connectivity index (χ3n) is 0.865. The molecule has 0 aromatic carbocycles. The summed E-state index contributed by atoms with van der Waals surface area (Å²) in [7, 11) is 0. The minimum atomic E-state index is 0. The van der Waals surface area contributed by atoms with Gasteiger partial charge in [0, 0.05) is 39.3 Å². The summed E-state index contributed by atoms with van der Waals surface area (Å²) in [6, 6.07) is 0. The third-order valence-corrected chi connectivity index (χ3v) is 0.865. The van der Waals surface area contributed by atoms with Crippen molar-refractivity contribution in [3.63, 3.8) is 0 Å². The van der Waals surface area contributed by atoms with Gasteiger partial charge in [0.05, 0.1) is 13.2 Å². The van der Waals surface area contributed by atoms with Crippen LogP contribution in [0.25, 0.3) is 0 Å². The SMILES string of the molecule is C[CH-]C.[CH2-]COCCOCCC.[Y]. The average Bonchev–Trinajstić information content (AvgIpc) is 2.06. The molecule has 0 aliphatic carbocycles. The van der Waals surface area contributed by atoms with Gasteiger partial charge in [-0.2, -0.15) is 13.8 Å². The van der Waals surface area contributed by atoms with Crippen molar-refractivity contribution in [3.05, 3.63) is 13.3 Å². The van der Waals surface area contributed by atoms with Crippen LogP contribution >= 0.6 is 0 Å². The molecule has 3 heteroatoms. The Kier molecular flexibility index (Phi) is 34.8. The largest absolute Gasteiger partial charge is 0.411 e. The van der Waals surface area contributed by atoms with Gasteiger partial charge in [0.25, 0.3) is 0 Å². The van der Waals surface area contributed by atoms with Crippen molar-refractivity contribution < 1.29 is 42.2 Å². The van der Waals surface area contributed by atoms with Gasteiger partial charge in [-0.3, -0.25) is 0 Å². The van der Waals surface area contributed by atoms with E-state index in [2.05, 4.69) is 13.8 Å². The third kappa shape index (κ3) is 32.1. The fourth-order valence-electron chi connectivity index (χ4n) is 0.466. The van der Waals surface area contributed by atoms with Crippen LogP contribution in [0.15, 0.2) is 0 Å². The molecule has 0 spiro atoms. The van der Waals surface area contributed by atoms with Crippen LogP contribution in [-0.2, 0) is 42.2 Å². The van der Waals surface area contributed by atoms with Crippen LogP contribution in [-0.4, -0.2) is 26.4 Å². The van der Waals surface area contributed by atoms with Gasteiger partial charge in [-0.25, -0.2) is 0 Å². The second-order valence-corrected chi connectivity index (χ2v) is 2.30. The van der Waals surface area contributed by atoms with E-state index in [1.165, 1.54) is 0 Å². The van der Waals surface area contributed by atoms with Gasteiger partial charge < -0.3 is 22.8 Å². The molecule has 0 saturated heterocycles. The van der Waals surface area contributed by atoms with Crippen molar-refractivity contribution in [3.8, 4) is 0 Å². The molecule has 0 amide bonds. The molecule has 0 heterocycles. The van der Waals surface area contributed by atoms with E-state index in [1.54, 1.807) is 0 Å². The van der Waals surface area contributed by atoms with E-state index in [0.717, 1.165) is 13.0 Å². The van der Waals surface area contributed by atoms with E-state index >= 15 is 0 Å². The van der Waals surface area contributed by atoms with Crippen LogP contribution in [0.5, 0.6) is 0 Å². The molecule has 79 valence electrons. The molecule has 0 saturated carbocycles. The Balaban J connectivity index is -0.000000220. The number of hydrogen-bond donors (Lipinski definition) is 0. The molecule has 0 unspecified atom stereocenters. The first-order valence-electron chi connectivity index (χ1n) is 4.52. The Labute approximate surface area is 109 Å². The van der Waals surface area contributed by atoms with E-state index < -0.39 is 0 Å². The van der Waals surface area contributed by atoms with E-state index in [1.807, 2.05) is 20.3 Å². The minimum Gasteiger partial charge on any atom is -0.411 e. The summed E-state index contributed by atoms with van der Waals surface area (Å²) in [5.41, 5.74) is 0. The molecule has 0 bridgehead atoms. The molecule has 2 nitrogen and oxygen atoms in total. The van der Waals surface area contributed by atoms with Crippen LogP contribution in [0.1, 0.15) is 27.2 Å². The first-order valence-corrected chi connectivity index (χ1v) is 4.52. The molecule has 0 aliphatic heterocycles. The van der Waals surface area contributed by atoms with Gasteiger partial charge in [-0.15, -0.1) is 0 Å². The molecule has 0 atom stereocenters. The quantitative estimate of drug-likeness (QED) is 0.541. The van der Waals surface area contributed by atoms with Crippen LogP contribution in [0, 0.1) is 13.3 Å². The zero-order chi connectivity index (χ0) is 9.66. The summed E-state index contributed by atoms with van der Waals surface area (Å²) < 4.78 is 10.1. The normalized spacial score (nSPS) is 8.31. The zero-order valence-corrected chi connectivity index (χ0v) is 12.1. The van der Waals surface area contributed by atoms with Crippen molar-refractivity contribution in [2.45, 2.75) is 27.2 Å². The molecule has 0 N–H and O–H groups in total. The van der Waals surface area contributed by atoms with Crippen molar-refractivity contribution in [1.29, 1.82) is 0 Å². The van der Waals surface area contributed by atoms with Gasteiger partial charge >= 0.3 is 0 Å². The number of hydrogen-bond acceptors (Lipinski definition) is 2. The maximum Gasteiger partial charge on any atom is 0.0699 e. The standard InChI is InChI=1S/C7H15O2.C3H7.Y/c1-3-5-9-7-6-8-4-2;1-3-2;/h2-7H2,1H3;3H,1-2H3;/q2*-1;. The predicted octanol–water partition coefficient (Wildman–Crippen LogP) is 2.49. The molecule has 0 aliphatic rings. The van der Waals surface area contributed by atoms with Gasteiger partial charge in [-0.05, 0) is 6.42 Å². The summed E-state index contributed by atoms with van der Waals surface area (Å²) in [5.74, 6) is 0. The van der Waals surface area contributed by atoms with Crippen LogP contribution in [0.3, 0.4) is 0 Å². The molecule has 0 rings (SSSR count). The summed E-state index contributed by atoms with van der Waals surface area (Å²) in [4.78, 5) is 0. The Bertz CT molecular complexity index is 54.9. The summed E-state index contributed by atoms with van der Waals surface area (Å²) in [6.45, 7) is 12.4. The van der Waals surface area contributed by atoms with Crippen molar-refractivity contribution in [2.75, 3.05) is 26.4 Å². The van der Waals surface area contributed by atoms with Crippen LogP contribution in [0.4, 0.5) is 0 Å². The Morgan fingerprint density at radius 2 is 1.54 bits per heavy atom. The molecule has 1 radical (unpaired) electrons. The molecule has 13 heavy (non-hydrogen) atoms. The maximum absolute atomic E-state index is 5.13. The summed E-state index contributed by atoms with van der Waals surface area (Å²) in [6.07, 6.45) is 3.07. The predicted molar refractivity (Wildman–Crippen MR) is 52.9 cm³/mol. The summed E-state index contributed by atoms with van der Waals surface area (Å²) >= 11 is 0. The maximum atomic E-state index is 5.13. The molecular formula is C10H22O2Y-2. The van der Waals surface area contributed by atoms with Crippen LogP contribution < -0.4 is 0 Å². The Morgan fingerprint density at radius 1 is 1.08 bits per heavy atom. The molecular weight excluding hydrogens is 241 g/mol. The van der Waals surface area contributed by atoms with Gasteiger partial charge in [0.15, 0.2) is 0 Å². The Morgan fingerprint density at radius 3 is 1.92 bits per heavy atom. The Hall–Kier alpha value is 1.02. The topological polar surface area (TPSA) is 18.5 Å². The van der Waals surface area contributed by atoms with Gasteiger partial charge in [0.2, 0.25) is 0 Å². The second kappa shape index (κ2) is 23.1. The molecule has 0 aromatic rings. The smallest absolute Gasteiger partial charge is 0.0699 e. The van der Waals surface area contributed by atoms with E-state index in [9.17, 15) is 0 Å². The molecule has 0 aromatic heterocycles. The fourth-order valence-corrected chi connectivity index (χ4v) is 0.466. The second-order valence-electron chi connectivity index (χ2n) is 2.30. The van der Waals surface area contributed by atoms with Crippen molar-refractivity contribution in [1.82, 2.24) is 0 Å². The summed E-state index contributed by atoms with van der Waals surface area (Å²) in [5, 5.41) is 0. The fraction of sp³-hybridized carbons (Fsp3) is 0.800. The van der Waals surface area contributed by atoms with Gasteiger partial charge in [0.1, 0.15) is 0 Å².